The molecule has 0 atom stereocenters. The van der Waals surface area contributed by atoms with E-state index in [0.717, 1.165) is 19.1 Å². The normalized spacial score (nSPS) is 24.2. The molecule has 0 aromatic rings. The van der Waals surface area contributed by atoms with Crippen molar-refractivity contribution in [1.29, 1.82) is 0 Å². The van der Waals surface area contributed by atoms with E-state index >= 15 is 0 Å². The first-order valence-electron chi connectivity index (χ1n) is 8.14. The van der Waals surface area contributed by atoms with Gasteiger partial charge in [0.15, 0.2) is 0 Å². The van der Waals surface area contributed by atoms with Crippen molar-refractivity contribution in [1.82, 2.24) is 14.7 Å². The fraction of sp³-hybridized carbons (Fsp3) is 1.00. The summed E-state index contributed by atoms with van der Waals surface area (Å²) in [5.41, 5.74) is 5.80. The Kier molecular flexibility index (Phi) is 6.57. The summed E-state index contributed by atoms with van der Waals surface area (Å²) >= 11 is 0. The van der Waals surface area contributed by atoms with Gasteiger partial charge in [0.1, 0.15) is 0 Å². The lowest BCUT2D eigenvalue weighted by molar-refractivity contribution is 0.108. The standard InChI is InChI=1S/C15H32N4/c1-17-9-11-18(12-10-17)13-14-19(8-7-16)15-5-3-2-4-6-15/h15H,2-14,16H2,1H3. The Labute approximate surface area is 118 Å². The van der Waals surface area contributed by atoms with Crippen molar-refractivity contribution in [3.8, 4) is 0 Å². The van der Waals surface area contributed by atoms with Gasteiger partial charge in [-0.1, -0.05) is 19.3 Å². The van der Waals surface area contributed by atoms with E-state index in [2.05, 4.69) is 21.7 Å². The maximum absolute atomic E-state index is 5.80. The van der Waals surface area contributed by atoms with Crippen LogP contribution >= 0.6 is 0 Å². The molecule has 0 amide bonds. The lowest BCUT2D eigenvalue weighted by Crippen LogP contribution is -2.49. The lowest BCUT2D eigenvalue weighted by atomic mass is 9.94. The minimum Gasteiger partial charge on any atom is -0.329 e. The maximum Gasteiger partial charge on any atom is 0.0113 e. The molecule has 0 aromatic carbocycles. The predicted molar refractivity (Wildman–Crippen MR) is 81.4 cm³/mol. The summed E-state index contributed by atoms with van der Waals surface area (Å²) in [7, 11) is 2.22. The SMILES string of the molecule is CN1CCN(CCN(CCN)C2CCCCC2)CC1. The molecular formula is C15H32N4. The third-order valence-corrected chi connectivity index (χ3v) is 4.81. The first kappa shape index (κ1) is 15.2. The van der Waals surface area contributed by atoms with Crippen LogP contribution < -0.4 is 5.73 Å². The van der Waals surface area contributed by atoms with Crippen molar-refractivity contribution in [3.63, 3.8) is 0 Å². The summed E-state index contributed by atoms with van der Waals surface area (Å²) < 4.78 is 0. The number of nitrogens with zero attached hydrogens (tertiary/aromatic N) is 3. The van der Waals surface area contributed by atoms with Gasteiger partial charge in [0, 0.05) is 58.4 Å². The molecule has 2 fully saturated rings. The fourth-order valence-electron chi connectivity index (χ4n) is 3.43. The summed E-state index contributed by atoms with van der Waals surface area (Å²) in [4.78, 5) is 7.71. The van der Waals surface area contributed by atoms with Crippen LogP contribution in [-0.2, 0) is 0 Å². The first-order chi connectivity index (χ1) is 9.29. The van der Waals surface area contributed by atoms with Gasteiger partial charge in [-0.15, -0.1) is 0 Å². The van der Waals surface area contributed by atoms with Gasteiger partial charge in [0.25, 0.3) is 0 Å². The highest BCUT2D eigenvalue weighted by Crippen LogP contribution is 2.22. The molecule has 1 saturated carbocycles. The van der Waals surface area contributed by atoms with Gasteiger partial charge in [-0.05, 0) is 19.9 Å². The minimum atomic E-state index is 0.805. The topological polar surface area (TPSA) is 35.7 Å². The monoisotopic (exact) mass is 268 g/mol. The second-order valence-electron chi connectivity index (χ2n) is 6.26. The quantitative estimate of drug-likeness (QED) is 0.774. The summed E-state index contributed by atoms with van der Waals surface area (Å²) in [5, 5.41) is 0. The molecule has 1 saturated heterocycles. The second kappa shape index (κ2) is 8.20. The smallest absolute Gasteiger partial charge is 0.0113 e. The van der Waals surface area contributed by atoms with E-state index in [9.17, 15) is 0 Å². The van der Waals surface area contributed by atoms with Crippen molar-refractivity contribution in [2.24, 2.45) is 5.73 Å². The van der Waals surface area contributed by atoms with Crippen molar-refractivity contribution >= 4 is 0 Å². The van der Waals surface area contributed by atoms with Crippen molar-refractivity contribution in [2.75, 3.05) is 59.4 Å². The highest BCUT2D eigenvalue weighted by molar-refractivity contribution is 4.78. The summed E-state index contributed by atoms with van der Waals surface area (Å²) in [6, 6.07) is 0.810. The average Bonchev–Trinajstić information content (AvgIpc) is 2.46. The molecular weight excluding hydrogens is 236 g/mol. The first-order valence-corrected chi connectivity index (χ1v) is 8.14. The molecule has 2 N–H and O–H groups in total. The Bertz CT molecular complexity index is 232. The van der Waals surface area contributed by atoms with Gasteiger partial charge >= 0.3 is 0 Å². The van der Waals surface area contributed by atoms with Crippen LogP contribution in [0.25, 0.3) is 0 Å². The van der Waals surface area contributed by atoms with Crippen molar-refractivity contribution in [2.45, 2.75) is 38.1 Å². The number of likely N-dealkylation sites (N-methyl/N-ethyl adjacent to an activating group) is 1. The highest BCUT2D eigenvalue weighted by Gasteiger charge is 2.21. The third kappa shape index (κ3) is 5.03. The fourth-order valence-corrected chi connectivity index (χ4v) is 3.43. The molecule has 4 nitrogen and oxygen atoms in total. The molecule has 0 aromatic heterocycles. The Morgan fingerprint density at radius 2 is 1.68 bits per heavy atom. The maximum atomic E-state index is 5.80. The molecule has 0 unspecified atom stereocenters. The molecule has 0 bridgehead atoms. The minimum absolute atomic E-state index is 0.805. The van der Waals surface area contributed by atoms with Crippen LogP contribution in [0.2, 0.25) is 0 Å². The molecule has 2 rings (SSSR count). The van der Waals surface area contributed by atoms with Crippen molar-refractivity contribution in [3.05, 3.63) is 0 Å². The van der Waals surface area contributed by atoms with Gasteiger partial charge in [-0.25, -0.2) is 0 Å². The predicted octanol–water partition coefficient (Wildman–Crippen LogP) is 0.827. The molecule has 4 heteroatoms. The molecule has 2 aliphatic rings. The van der Waals surface area contributed by atoms with Gasteiger partial charge in [-0.2, -0.15) is 0 Å². The molecule has 19 heavy (non-hydrogen) atoms. The van der Waals surface area contributed by atoms with E-state index in [-0.39, 0.29) is 0 Å². The summed E-state index contributed by atoms with van der Waals surface area (Å²) in [5.74, 6) is 0. The van der Waals surface area contributed by atoms with Crippen LogP contribution in [0.3, 0.4) is 0 Å². The van der Waals surface area contributed by atoms with Crippen LogP contribution in [0.4, 0.5) is 0 Å². The Morgan fingerprint density at radius 3 is 2.32 bits per heavy atom. The van der Waals surface area contributed by atoms with Crippen LogP contribution in [0.5, 0.6) is 0 Å². The molecule has 1 aliphatic heterocycles. The Hall–Kier alpha value is -0.160. The molecule has 0 spiro atoms. The van der Waals surface area contributed by atoms with Crippen LogP contribution in [0.1, 0.15) is 32.1 Å². The molecule has 112 valence electrons. The van der Waals surface area contributed by atoms with Crippen LogP contribution in [0, 0.1) is 0 Å². The Morgan fingerprint density at radius 1 is 1.00 bits per heavy atom. The zero-order valence-corrected chi connectivity index (χ0v) is 12.7. The molecule has 1 aliphatic carbocycles. The number of nitrogens with two attached hydrogens (primary N) is 1. The number of hydrogen-bond donors (Lipinski definition) is 1. The Balaban J connectivity index is 1.73. The van der Waals surface area contributed by atoms with Gasteiger partial charge < -0.3 is 10.6 Å². The average molecular weight is 268 g/mol. The van der Waals surface area contributed by atoms with E-state index in [1.807, 2.05) is 0 Å². The highest BCUT2D eigenvalue weighted by atomic mass is 15.3. The van der Waals surface area contributed by atoms with E-state index in [1.165, 1.54) is 71.4 Å². The van der Waals surface area contributed by atoms with Gasteiger partial charge in [-0.3, -0.25) is 9.80 Å². The van der Waals surface area contributed by atoms with Crippen molar-refractivity contribution < 1.29 is 0 Å². The number of piperazine rings is 1. The molecule has 1 heterocycles. The zero-order valence-electron chi connectivity index (χ0n) is 12.7. The van der Waals surface area contributed by atoms with Crippen LogP contribution in [0.15, 0.2) is 0 Å². The second-order valence-corrected chi connectivity index (χ2v) is 6.26. The van der Waals surface area contributed by atoms with E-state index in [0.29, 0.717) is 0 Å². The van der Waals surface area contributed by atoms with Gasteiger partial charge in [0.2, 0.25) is 0 Å². The largest absolute Gasteiger partial charge is 0.329 e. The van der Waals surface area contributed by atoms with Crippen LogP contribution in [-0.4, -0.2) is 80.1 Å². The lowest BCUT2D eigenvalue weighted by Gasteiger charge is -2.37. The zero-order chi connectivity index (χ0) is 13.5. The van der Waals surface area contributed by atoms with Gasteiger partial charge in [0.05, 0.1) is 0 Å². The van der Waals surface area contributed by atoms with E-state index in [4.69, 9.17) is 5.73 Å². The third-order valence-electron chi connectivity index (χ3n) is 4.81. The number of hydrogen-bond acceptors (Lipinski definition) is 4. The summed E-state index contributed by atoms with van der Waals surface area (Å²) in [6.45, 7) is 9.24. The van der Waals surface area contributed by atoms with E-state index < -0.39 is 0 Å². The summed E-state index contributed by atoms with van der Waals surface area (Å²) in [6.07, 6.45) is 7.05. The van der Waals surface area contributed by atoms with E-state index in [1.54, 1.807) is 0 Å². The molecule has 0 radical (unpaired) electrons. The number of rotatable bonds is 6.